The number of likely N-dealkylation sites (N-methyl/N-ethyl adjacent to an activating group) is 1. The highest BCUT2D eigenvalue weighted by molar-refractivity contribution is 7.80. The smallest absolute Gasteiger partial charge is 0.243 e. The van der Waals surface area contributed by atoms with Gasteiger partial charge < -0.3 is 16.0 Å². The molecule has 1 atom stereocenters. The van der Waals surface area contributed by atoms with Crippen molar-refractivity contribution in [1.29, 1.82) is 0 Å². The van der Waals surface area contributed by atoms with E-state index in [4.69, 9.17) is 0 Å². The summed E-state index contributed by atoms with van der Waals surface area (Å²) < 4.78 is 0. The lowest BCUT2D eigenvalue weighted by Crippen LogP contribution is -2.49. The average Bonchev–Trinajstić information content (AvgIpc) is 2.22. The monoisotopic (exact) mass is 247 g/mol. The molecule has 0 fully saturated rings. The molecular weight excluding hydrogens is 230 g/mol. The van der Waals surface area contributed by atoms with Gasteiger partial charge in [0.05, 0.1) is 6.54 Å². The molecule has 7 heteroatoms. The molecule has 0 radical (unpaired) electrons. The Morgan fingerprint density at radius 3 is 2.31 bits per heavy atom. The Morgan fingerprint density at radius 2 is 1.88 bits per heavy atom. The zero-order chi connectivity index (χ0) is 12.6. The van der Waals surface area contributed by atoms with E-state index in [0.29, 0.717) is 6.54 Å². The number of amides is 3. The SMILES string of the molecule is CCNC(=O)CNC(=O)C(CS)NC(C)=O. The molecule has 0 spiro atoms. The van der Waals surface area contributed by atoms with E-state index < -0.39 is 11.9 Å². The fraction of sp³-hybridized carbons (Fsp3) is 0.667. The molecule has 0 rings (SSSR count). The molecule has 0 aliphatic carbocycles. The van der Waals surface area contributed by atoms with Crippen molar-refractivity contribution < 1.29 is 14.4 Å². The Balaban J connectivity index is 4.02. The van der Waals surface area contributed by atoms with Crippen LogP contribution in [0.5, 0.6) is 0 Å². The number of hydrogen-bond donors (Lipinski definition) is 4. The second-order valence-corrected chi connectivity index (χ2v) is 3.47. The normalized spacial score (nSPS) is 11.4. The summed E-state index contributed by atoms with van der Waals surface area (Å²) in [6.07, 6.45) is 0. The number of hydrogen-bond acceptors (Lipinski definition) is 4. The van der Waals surface area contributed by atoms with Crippen LogP contribution in [0.3, 0.4) is 0 Å². The van der Waals surface area contributed by atoms with Gasteiger partial charge in [-0.2, -0.15) is 12.6 Å². The van der Waals surface area contributed by atoms with Crippen LogP contribution in [0.4, 0.5) is 0 Å². The number of carbonyl (C=O) groups is 3. The molecular formula is C9H17N3O3S. The fourth-order valence-electron chi connectivity index (χ4n) is 0.990. The first-order chi connectivity index (χ1) is 7.51. The van der Waals surface area contributed by atoms with E-state index in [1.807, 2.05) is 0 Å². The topological polar surface area (TPSA) is 87.3 Å². The highest BCUT2D eigenvalue weighted by Crippen LogP contribution is 1.88. The molecule has 16 heavy (non-hydrogen) atoms. The summed E-state index contributed by atoms with van der Waals surface area (Å²) in [6, 6.07) is -0.713. The van der Waals surface area contributed by atoms with E-state index in [1.54, 1.807) is 6.92 Å². The molecule has 0 saturated heterocycles. The lowest BCUT2D eigenvalue weighted by atomic mass is 10.3. The van der Waals surface area contributed by atoms with E-state index in [-0.39, 0.29) is 24.1 Å². The van der Waals surface area contributed by atoms with Gasteiger partial charge in [-0.25, -0.2) is 0 Å². The molecule has 3 amide bonds. The molecule has 0 aliphatic rings. The number of nitrogens with one attached hydrogen (secondary N) is 3. The zero-order valence-corrected chi connectivity index (χ0v) is 10.3. The average molecular weight is 247 g/mol. The molecule has 0 bridgehead atoms. The van der Waals surface area contributed by atoms with Gasteiger partial charge in [-0.05, 0) is 6.92 Å². The molecule has 0 aromatic rings. The van der Waals surface area contributed by atoms with Gasteiger partial charge in [0.15, 0.2) is 0 Å². The number of thiol groups is 1. The van der Waals surface area contributed by atoms with Crippen molar-refractivity contribution in [3.63, 3.8) is 0 Å². The Morgan fingerprint density at radius 1 is 1.25 bits per heavy atom. The lowest BCUT2D eigenvalue weighted by molar-refractivity contribution is -0.129. The van der Waals surface area contributed by atoms with Crippen LogP contribution in [-0.2, 0) is 14.4 Å². The van der Waals surface area contributed by atoms with Crippen molar-refractivity contribution in [2.75, 3.05) is 18.8 Å². The van der Waals surface area contributed by atoms with Crippen molar-refractivity contribution in [3.05, 3.63) is 0 Å². The molecule has 1 unspecified atom stereocenters. The van der Waals surface area contributed by atoms with Crippen LogP contribution >= 0.6 is 12.6 Å². The summed E-state index contributed by atoms with van der Waals surface area (Å²) in [7, 11) is 0. The first kappa shape index (κ1) is 14.8. The number of carbonyl (C=O) groups excluding carboxylic acids is 3. The van der Waals surface area contributed by atoms with Crippen LogP contribution in [-0.4, -0.2) is 42.6 Å². The maximum absolute atomic E-state index is 11.5. The molecule has 6 nitrogen and oxygen atoms in total. The van der Waals surface area contributed by atoms with E-state index in [2.05, 4.69) is 28.6 Å². The molecule has 92 valence electrons. The van der Waals surface area contributed by atoms with E-state index >= 15 is 0 Å². The fourth-order valence-corrected chi connectivity index (χ4v) is 1.25. The van der Waals surface area contributed by atoms with Gasteiger partial charge in [0.2, 0.25) is 17.7 Å². The first-order valence-electron chi connectivity index (χ1n) is 4.93. The van der Waals surface area contributed by atoms with Crippen LogP contribution in [0.2, 0.25) is 0 Å². The van der Waals surface area contributed by atoms with Gasteiger partial charge in [0, 0.05) is 19.2 Å². The van der Waals surface area contributed by atoms with Crippen molar-refractivity contribution in [2.24, 2.45) is 0 Å². The summed E-state index contributed by atoms with van der Waals surface area (Å²) in [4.78, 5) is 33.3. The van der Waals surface area contributed by atoms with Crippen LogP contribution in [0.15, 0.2) is 0 Å². The first-order valence-corrected chi connectivity index (χ1v) is 5.56. The van der Waals surface area contributed by atoms with Crippen molar-refractivity contribution in [1.82, 2.24) is 16.0 Å². The molecule has 3 N–H and O–H groups in total. The van der Waals surface area contributed by atoms with Gasteiger partial charge in [-0.1, -0.05) is 0 Å². The second-order valence-electron chi connectivity index (χ2n) is 3.11. The quantitative estimate of drug-likeness (QED) is 0.439. The zero-order valence-electron chi connectivity index (χ0n) is 9.37. The largest absolute Gasteiger partial charge is 0.355 e. The van der Waals surface area contributed by atoms with Crippen LogP contribution in [0.25, 0.3) is 0 Å². The molecule has 0 aliphatic heterocycles. The van der Waals surface area contributed by atoms with Crippen LogP contribution in [0, 0.1) is 0 Å². The Labute approximate surface area is 99.9 Å². The third kappa shape index (κ3) is 6.28. The lowest BCUT2D eigenvalue weighted by Gasteiger charge is -2.14. The van der Waals surface area contributed by atoms with Gasteiger partial charge >= 0.3 is 0 Å². The van der Waals surface area contributed by atoms with Crippen molar-refractivity contribution >= 4 is 30.4 Å². The maximum Gasteiger partial charge on any atom is 0.243 e. The summed E-state index contributed by atoms with van der Waals surface area (Å²) in [5, 5.41) is 7.37. The Bertz CT molecular complexity index is 271. The van der Waals surface area contributed by atoms with Gasteiger partial charge in [-0.3, -0.25) is 14.4 Å². The highest BCUT2D eigenvalue weighted by atomic mass is 32.1. The highest BCUT2D eigenvalue weighted by Gasteiger charge is 2.17. The summed E-state index contributed by atoms with van der Waals surface area (Å²) in [5.41, 5.74) is 0. The summed E-state index contributed by atoms with van der Waals surface area (Å²) in [6.45, 7) is 3.51. The summed E-state index contributed by atoms with van der Waals surface area (Å²) in [5.74, 6) is -0.818. The second kappa shape index (κ2) is 7.98. The third-order valence-corrected chi connectivity index (χ3v) is 2.04. The Kier molecular flexibility index (Phi) is 7.36. The molecule has 0 aromatic carbocycles. The molecule has 0 heterocycles. The van der Waals surface area contributed by atoms with Gasteiger partial charge in [0.1, 0.15) is 6.04 Å². The Hall–Kier alpha value is -1.24. The standard InChI is InChI=1S/C9H17N3O3S/c1-3-10-8(14)4-11-9(15)7(5-16)12-6(2)13/h7,16H,3-5H2,1-2H3,(H,10,14)(H,11,15)(H,12,13). The van der Waals surface area contributed by atoms with Gasteiger partial charge in [-0.15, -0.1) is 0 Å². The van der Waals surface area contributed by atoms with Crippen LogP contribution in [0.1, 0.15) is 13.8 Å². The van der Waals surface area contributed by atoms with Crippen LogP contribution < -0.4 is 16.0 Å². The summed E-state index contributed by atoms with van der Waals surface area (Å²) >= 11 is 3.94. The predicted molar refractivity (Wildman–Crippen MR) is 63.2 cm³/mol. The minimum Gasteiger partial charge on any atom is -0.355 e. The van der Waals surface area contributed by atoms with Crippen molar-refractivity contribution in [3.8, 4) is 0 Å². The van der Waals surface area contributed by atoms with Gasteiger partial charge in [0.25, 0.3) is 0 Å². The number of rotatable bonds is 6. The van der Waals surface area contributed by atoms with E-state index in [1.165, 1.54) is 6.92 Å². The minimum absolute atomic E-state index is 0.101. The maximum atomic E-state index is 11.5. The molecule has 0 saturated carbocycles. The van der Waals surface area contributed by atoms with E-state index in [0.717, 1.165) is 0 Å². The predicted octanol–water partition coefficient (Wildman–Crippen LogP) is -1.33. The minimum atomic E-state index is -0.713. The molecule has 0 aromatic heterocycles. The van der Waals surface area contributed by atoms with E-state index in [9.17, 15) is 14.4 Å². The third-order valence-electron chi connectivity index (χ3n) is 1.67. The van der Waals surface area contributed by atoms with Crippen molar-refractivity contribution in [2.45, 2.75) is 19.9 Å².